The topological polar surface area (TPSA) is 78.2 Å². The molecule has 8 nitrogen and oxygen atoms in total. The second kappa shape index (κ2) is 11.4. The largest absolute Gasteiger partial charge is 0.493 e. The van der Waals surface area contributed by atoms with Gasteiger partial charge in [0.25, 0.3) is 0 Å². The number of aliphatic hydroxyl groups is 1. The van der Waals surface area contributed by atoms with Gasteiger partial charge in [0, 0.05) is 32.0 Å². The molecular weight excluding hydrogens is 434 g/mol. The molecule has 0 saturated carbocycles. The summed E-state index contributed by atoms with van der Waals surface area (Å²) < 4.78 is 25.1. The molecule has 0 unspecified atom stereocenters. The highest BCUT2D eigenvalue weighted by molar-refractivity contribution is 5.43. The minimum atomic E-state index is -1.10. The molecule has 0 bridgehead atoms. The number of rotatable bonds is 10. The van der Waals surface area contributed by atoms with Crippen LogP contribution < -0.4 is 14.2 Å². The van der Waals surface area contributed by atoms with Crippen molar-refractivity contribution in [2.75, 3.05) is 46.6 Å². The van der Waals surface area contributed by atoms with Gasteiger partial charge in [0.05, 0.1) is 33.2 Å². The van der Waals surface area contributed by atoms with Gasteiger partial charge in [0.1, 0.15) is 24.6 Å². The van der Waals surface area contributed by atoms with E-state index in [-0.39, 0.29) is 13.2 Å². The monoisotopic (exact) mass is 467 g/mol. The summed E-state index contributed by atoms with van der Waals surface area (Å²) in [6.45, 7) is 5.99. The zero-order valence-corrected chi connectivity index (χ0v) is 19.9. The van der Waals surface area contributed by atoms with Gasteiger partial charge in [-0.1, -0.05) is 18.2 Å². The number of imidazole rings is 1. The number of ether oxygens (including phenoxy) is 4. The summed E-state index contributed by atoms with van der Waals surface area (Å²) in [6, 6.07) is 13.8. The average Bonchev–Trinajstić information content (AvgIpc) is 3.27. The van der Waals surface area contributed by atoms with Crippen molar-refractivity contribution in [2.24, 2.45) is 0 Å². The summed E-state index contributed by atoms with van der Waals surface area (Å²) >= 11 is 0. The molecule has 8 heteroatoms. The number of aromatic nitrogens is 2. The van der Waals surface area contributed by atoms with E-state index in [1.165, 1.54) is 0 Å². The summed E-state index contributed by atoms with van der Waals surface area (Å²) in [5.41, 5.74) is 1.09. The molecular formula is C26H33N3O5. The Hall–Kier alpha value is -3.07. The molecule has 0 aliphatic carbocycles. The third-order valence-corrected chi connectivity index (χ3v) is 5.74. The zero-order valence-electron chi connectivity index (χ0n) is 19.9. The SMILES string of the molecule is COc1ccc(CN2CCOC[C@](O)(COc3cccc(C)c3)C2)cc1OCCn1ccnc1. The number of nitrogens with zero attached hydrogens (tertiary/aromatic N) is 3. The maximum Gasteiger partial charge on any atom is 0.161 e. The van der Waals surface area contributed by atoms with Crippen LogP contribution in [0.15, 0.2) is 61.2 Å². The van der Waals surface area contributed by atoms with Crippen molar-refractivity contribution in [1.82, 2.24) is 14.5 Å². The summed E-state index contributed by atoms with van der Waals surface area (Å²) in [4.78, 5) is 6.24. The molecule has 1 aliphatic rings. The Bertz CT molecular complexity index is 1040. The van der Waals surface area contributed by atoms with Crippen molar-refractivity contribution in [1.29, 1.82) is 0 Å². The van der Waals surface area contributed by atoms with E-state index in [2.05, 4.69) is 9.88 Å². The number of hydrogen-bond donors (Lipinski definition) is 1. The van der Waals surface area contributed by atoms with E-state index in [0.717, 1.165) is 23.4 Å². The van der Waals surface area contributed by atoms with Gasteiger partial charge in [-0.2, -0.15) is 0 Å². The van der Waals surface area contributed by atoms with E-state index in [4.69, 9.17) is 18.9 Å². The number of aryl methyl sites for hydroxylation is 1. The third kappa shape index (κ3) is 6.72. The maximum absolute atomic E-state index is 11.2. The molecule has 1 aliphatic heterocycles. The van der Waals surface area contributed by atoms with E-state index in [9.17, 15) is 5.11 Å². The second-order valence-corrected chi connectivity index (χ2v) is 8.73. The molecule has 182 valence electrons. The van der Waals surface area contributed by atoms with Crippen molar-refractivity contribution < 1.29 is 24.1 Å². The lowest BCUT2D eigenvalue weighted by molar-refractivity contribution is -0.0646. The first-order valence-electron chi connectivity index (χ1n) is 11.5. The van der Waals surface area contributed by atoms with Gasteiger partial charge in [0.2, 0.25) is 0 Å². The standard InChI is InChI=1S/C26H33N3O5/c1-21-4-3-5-23(14-21)34-19-26(30)17-29(10-12-32-18-26)16-22-6-7-24(31-2)25(15-22)33-13-11-28-9-8-27-20-28/h3-9,14-15,20,30H,10-13,16-19H2,1-2H3/t26-/m0/s1. The van der Waals surface area contributed by atoms with E-state index in [0.29, 0.717) is 44.3 Å². The van der Waals surface area contributed by atoms with Crippen LogP contribution in [0, 0.1) is 6.92 Å². The Morgan fingerprint density at radius 3 is 2.85 bits per heavy atom. The van der Waals surface area contributed by atoms with Gasteiger partial charge < -0.3 is 28.6 Å². The minimum absolute atomic E-state index is 0.165. The van der Waals surface area contributed by atoms with E-state index >= 15 is 0 Å². The Morgan fingerprint density at radius 1 is 1.15 bits per heavy atom. The smallest absolute Gasteiger partial charge is 0.161 e. The highest BCUT2D eigenvalue weighted by Gasteiger charge is 2.33. The predicted molar refractivity (Wildman–Crippen MR) is 128 cm³/mol. The Labute approximate surface area is 200 Å². The lowest BCUT2D eigenvalue weighted by Crippen LogP contribution is -2.48. The third-order valence-electron chi connectivity index (χ3n) is 5.74. The van der Waals surface area contributed by atoms with Crippen LogP contribution in [-0.2, 0) is 17.8 Å². The molecule has 34 heavy (non-hydrogen) atoms. The van der Waals surface area contributed by atoms with Crippen LogP contribution in [0.5, 0.6) is 17.2 Å². The van der Waals surface area contributed by atoms with Crippen molar-refractivity contribution in [3.8, 4) is 17.2 Å². The van der Waals surface area contributed by atoms with Crippen LogP contribution in [0.1, 0.15) is 11.1 Å². The van der Waals surface area contributed by atoms with Crippen LogP contribution in [0.2, 0.25) is 0 Å². The van der Waals surface area contributed by atoms with Gasteiger partial charge in [-0.25, -0.2) is 4.98 Å². The highest BCUT2D eigenvalue weighted by Crippen LogP contribution is 2.29. The fourth-order valence-electron chi connectivity index (χ4n) is 4.01. The van der Waals surface area contributed by atoms with Crippen LogP contribution >= 0.6 is 0 Å². The Morgan fingerprint density at radius 2 is 2.06 bits per heavy atom. The first-order valence-corrected chi connectivity index (χ1v) is 11.5. The normalized spacial score (nSPS) is 18.9. The first-order chi connectivity index (χ1) is 16.5. The van der Waals surface area contributed by atoms with Gasteiger partial charge in [0.15, 0.2) is 11.5 Å². The molecule has 0 radical (unpaired) electrons. The first kappa shape index (κ1) is 24.1. The molecule has 2 heterocycles. The Kier molecular flexibility index (Phi) is 8.05. The molecule has 1 saturated heterocycles. The van der Waals surface area contributed by atoms with Crippen molar-refractivity contribution in [3.05, 3.63) is 72.3 Å². The molecule has 1 N–H and O–H groups in total. The summed E-state index contributed by atoms with van der Waals surface area (Å²) in [7, 11) is 1.64. The lowest BCUT2D eigenvalue weighted by Gasteiger charge is -2.30. The van der Waals surface area contributed by atoms with Gasteiger partial charge in [-0.15, -0.1) is 0 Å². The highest BCUT2D eigenvalue weighted by atomic mass is 16.5. The predicted octanol–water partition coefficient (Wildman–Crippen LogP) is 2.92. The Balaban J connectivity index is 1.38. The van der Waals surface area contributed by atoms with Gasteiger partial charge in [-0.05, 0) is 42.3 Å². The summed E-state index contributed by atoms with van der Waals surface area (Å²) in [6.07, 6.45) is 5.42. The number of benzene rings is 2. The maximum atomic E-state index is 11.2. The zero-order chi connectivity index (χ0) is 23.8. The van der Waals surface area contributed by atoms with E-state index in [1.807, 2.05) is 60.2 Å². The van der Waals surface area contributed by atoms with Gasteiger partial charge >= 0.3 is 0 Å². The molecule has 1 fully saturated rings. The molecule has 1 atom stereocenters. The second-order valence-electron chi connectivity index (χ2n) is 8.73. The number of β-amino-alcohol motifs (C(OH)–C–C–N with tert-alkyl or cyclic N) is 1. The van der Waals surface area contributed by atoms with Crippen molar-refractivity contribution >= 4 is 0 Å². The molecule has 3 aromatic rings. The number of hydrogen-bond acceptors (Lipinski definition) is 7. The fraction of sp³-hybridized carbons (Fsp3) is 0.423. The quantitative estimate of drug-likeness (QED) is 0.491. The molecule has 2 aromatic carbocycles. The fourth-order valence-corrected chi connectivity index (χ4v) is 4.01. The van der Waals surface area contributed by atoms with Crippen molar-refractivity contribution in [3.63, 3.8) is 0 Å². The number of methoxy groups -OCH3 is 1. The molecule has 1 aromatic heterocycles. The lowest BCUT2D eigenvalue weighted by atomic mass is 10.1. The molecule has 4 rings (SSSR count). The van der Waals surface area contributed by atoms with Crippen LogP contribution in [0.25, 0.3) is 0 Å². The average molecular weight is 468 g/mol. The van der Waals surface area contributed by atoms with E-state index < -0.39 is 5.60 Å². The van der Waals surface area contributed by atoms with Crippen molar-refractivity contribution in [2.45, 2.75) is 25.6 Å². The minimum Gasteiger partial charge on any atom is -0.493 e. The summed E-state index contributed by atoms with van der Waals surface area (Å²) in [5, 5.41) is 11.2. The van der Waals surface area contributed by atoms with Crippen LogP contribution in [0.4, 0.5) is 0 Å². The molecule has 0 amide bonds. The van der Waals surface area contributed by atoms with Crippen LogP contribution in [0.3, 0.4) is 0 Å². The van der Waals surface area contributed by atoms with Gasteiger partial charge in [-0.3, -0.25) is 4.90 Å². The van der Waals surface area contributed by atoms with Crippen LogP contribution in [-0.4, -0.2) is 71.8 Å². The molecule has 0 spiro atoms. The summed E-state index contributed by atoms with van der Waals surface area (Å²) in [5.74, 6) is 2.14. The van der Waals surface area contributed by atoms with E-state index in [1.54, 1.807) is 19.6 Å².